The number of nitrogens with zero attached hydrogens (tertiary/aromatic N) is 2. The van der Waals surface area contributed by atoms with Gasteiger partial charge in [-0.05, 0) is 44.9 Å². The predicted molar refractivity (Wildman–Crippen MR) is 103 cm³/mol. The molecule has 142 valence electrons. The van der Waals surface area contributed by atoms with Gasteiger partial charge in [0.25, 0.3) is 5.91 Å². The maximum atomic E-state index is 13.5. The van der Waals surface area contributed by atoms with Crippen LogP contribution in [0.2, 0.25) is 0 Å². The number of carbonyl (C=O) groups excluding carboxylic acids is 2. The van der Waals surface area contributed by atoms with Gasteiger partial charge in [-0.1, -0.05) is 6.07 Å². The Morgan fingerprint density at radius 3 is 2.58 bits per heavy atom. The van der Waals surface area contributed by atoms with Gasteiger partial charge in [0.1, 0.15) is 5.82 Å². The number of piperidine rings is 1. The Bertz CT molecular complexity index is 705. The quantitative estimate of drug-likeness (QED) is 0.730. The summed E-state index contributed by atoms with van der Waals surface area (Å²) in [6.07, 6.45) is 1.45. The number of carbonyl (C=O) groups is 2. The number of alkyl halides is 1. The molecule has 2 fully saturated rings. The van der Waals surface area contributed by atoms with Crippen molar-refractivity contribution in [1.29, 1.82) is 0 Å². The van der Waals surface area contributed by atoms with Gasteiger partial charge in [-0.3, -0.25) is 9.59 Å². The lowest BCUT2D eigenvalue weighted by atomic mass is 9.92. The summed E-state index contributed by atoms with van der Waals surface area (Å²) < 4.78 is 13.5. The van der Waals surface area contributed by atoms with Gasteiger partial charge in [-0.2, -0.15) is 0 Å². The number of rotatable bonds is 3. The van der Waals surface area contributed by atoms with Crippen molar-refractivity contribution in [2.24, 2.45) is 5.41 Å². The van der Waals surface area contributed by atoms with Gasteiger partial charge >= 0.3 is 0 Å². The van der Waals surface area contributed by atoms with Crippen LogP contribution in [-0.2, 0) is 4.79 Å². The third kappa shape index (κ3) is 3.58. The van der Waals surface area contributed by atoms with Crippen LogP contribution in [0.5, 0.6) is 0 Å². The summed E-state index contributed by atoms with van der Waals surface area (Å²) in [5.41, 5.74) is -0.194. The standard InChI is InChI=1S/C19H24ClFN2O2S/c1-18(2,13-20)17(25)22-8-6-19(7-9-22)23(10-11-26-19)16(24)14-4-3-5-15(21)12-14/h3-5,12H,6-11,13H2,1-2H3. The highest BCUT2D eigenvalue weighted by atomic mass is 35.5. The zero-order valence-electron chi connectivity index (χ0n) is 15.1. The second-order valence-electron chi connectivity index (χ2n) is 7.57. The number of halogens is 2. The van der Waals surface area contributed by atoms with Gasteiger partial charge in [-0.15, -0.1) is 23.4 Å². The van der Waals surface area contributed by atoms with Crippen LogP contribution in [0.25, 0.3) is 0 Å². The van der Waals surface area contributed by atoms with E-state index >= 15 is 0 Å². The maximum absolute atomic E-state index is 13.5. The fraction of sp³-hybridized carbons (Fsp3) is 0.579. The summed E-state index contributed by atoms with van der Waals surface area (Å²) in [7, 11) is 0. The van der Waals surface area contributed by atoms with E-state index in [0.29, 0.717) is 25.2 Å². The molecule has 2 amide bonds. The predicted octanol–water partition coefficient (Wildman–Crippen LogP) is 3.60. The molecular formula is C19H24ClFN2O2S. The summed E-state index contributed by atoms with van der Waals surface area (Å²) in [5.74, 6) is 0.679. The van der Waals surface area contributed by atoms with E-state index in [2.05, 4.69) is 0 Å². The van der Waals surface area contributed by atoms with Gasteiger partial charge in [0.15, 0.2) is 0 Å². The normalized spacial score (nSPS) is 19.8. The molecule has 2 aliphatic rings. The van der Waals surface area contributed by atoms with Crippen molar-refractivity contribution in [3.63, 3.8) is 0 Å². The molecule has 2 heterocycles. The summed E-state index contributed by atoms with van der Waals surface area (Å²) in [4.78, 5) is 29.0. The van der Waals surface area contributed by atoms with E-state index in [4.69, 9.17) is 11.6 Å². The molecule has 4 nitrogen and oxygen atoms in total. The van der Waals surface area contributed by atoms with E-state index in [0.717, 1.165) is 18.6 Å². The molecule has 0 N–H and O–H groups in total. The van der Waals surface area contributed by atoms with E-state index in [1.165, 1.54) is 12.1 Å². The van der Waals surface area contributed by atoms with Crippen molar-refractivity contribution >= 4 is 35.2 Å². The summed E-state index contributed by atoms with van der Waals surface area (Å²) in [6, 6.07) is 5.85. The number of thioether (sulfide) groups is 1. The van der Waals surface area contributed by atoms with Crippen LogP contribution in [0.3, 0.4) is 0 Å². The highest BCUT2D eigenvalue weighted by molar-refractivity contribution is 8.00. The third-order valence-electron chi connectivity index (χ3n) is 5.24. The van der Waals surface area contributed by atoms with Crippen LogP contribution >= 0.6 is 23.4 Å². The first-order valence-electron chi connectivity index (χ1n) is 8.86. The SMILES string of the molecule is CC(C)(CCl)C(=O)N1CCC2(CC1)SCCN2C(=O)c1cccc(F)c1. The zero-order valence-corrected chi connectivity index (χ0v) is 16.7. The lowest BCUT2D eigenvalue weighted by Gasteiger charge is -2.45. The van der Waals surface area contributed by atoms with Crippen LogP contribution in [0.15, 0.2) is 24.3 Å². The molecule has 1 spiro atoms. The van der Waals surface area contributed by atoms with Crippen molar-refractivity contribution in [3.8, 4) is 0 Å². The fourth-order valence-corrected chi connectivity index (χ4v) is 5.20. The minimum Gasteiger partial charge on any atom is -0.342 e. The number of hydrogen-bond donors (Lipinski definition) is 0. The molecule has 0 aromatic heterocycles. The minimum absolute atomic E-state index is 0.0633. The Morgan fingerprint density at radius 1 is 1.27 bits per heavy atom. The lowest BCUT2D eigenvalue weighted by molar-refractivity contribution is -0.140. The molecule has 1 aromatic rings. The first-order chi connectivity index (χ1) is 12.3. The van der Waals surface area contributed by atoms with Crippen molar-refractivity contribution in [3.05, 3.63) is 35.6 Å². The van der Waals surface area contributed by atoms with E-state index in [-0.39, 0.29) is 22.6 Å². The number of likely N-dealkylation sites (tertiary alicyclic amines) is 1. The highest BCUT2D eigenvalue weighted by Gasteiger charge is 2.48. The average Bonchev–Trinajstić information content (AvgIpc) is 3.04. The van der Waals surface area contributed by atoms with Crippen LogP contribution in [-0.4, -0.2) is 57.8 Å². The molecule has 26 heavy (non-hydrogen) atoms. The van der Waals surface area contributed by atoms with Crippen molar-refractivity contribution in [1.82, 2.24) is 9.80 Å². The molecule has 0 radical (unpaired) electrons. The summed E-state index contributed by atoms with van der Waals surface area (Å²) in [5, 5.41) is 0. The Kier molecular flexibility index (Phi) is 5.54. The average molecular weight is 399 g/mol. The van der Waals surface area contributed by atoms with Crippen LogP contribution < -0.4 is 0 Å². The van der Waals surface area contributed by atoms with Gasteiger partial charge in [0, 0.05) is 36.8 Å². The van der Waals surface area contributed by atoms with E-state index in [9.17, 15) is 14.0 Å². The largest absolute Gasteiger partial charge is 0.342 e. The third-order valence-corrected chi connectivity index (χ3v) is 7.46. The molecule has 2 aliphatic heterocycles. The number of hydrogen-bond acceptors (Lipinski definition) is 3. The first kappa shape index (κ1) is 19.5. The molecular weight excluding hydrogens is 375 g/mol. The Morgan fingerprint density at radius 2 is 1.96 bits per heavy atom. The molecule has 7 heteroatoms. The van der Waals surface area contributed by atoms with Crippen molar-refractivity contribution in [2.45, 2.75) is 31.6 Å². The summed E-state index contributed by atoms with van der Waals surface area (Å²) in [6.45, 7) is 5.59. The fourth-order valence-electron chi connectivity index (χ4n) is 3.63. The molecule has 0 atom stereocenters. The Labute approximate surface area is 163 Å². The number of benzene rings is 1. The van der Waals surface area contributed by atoms with Crippen molar-refractivity contribution in [2.75, 3.05) is 31.3 Å². The molecule has 2 saturated heterocycles. The topological polar surface area (TPSA) is 40.6 Å². The van der Waals surface area contributed by atoms with Crippen LogP contribution in [0.1, 0.15) is 37.0 Å². The molecule has 0 bridgehead atoms. The van der Waals surface area contributed by atoms with Gasteiger partial charge < -0.3 is 9.80 Å². The lowest BCUT2D eigenvalue weighted by Crippen LogP contribution is -2.55. The number of amides is 2. The highest BCUT2D eigenvalue weighted by Crippen LogP contribution is 2.45. The Balaban J connectivity index is 1.73. The molecule has 0 aliphatic carbocycles. The van der Waals surface area contributed by atoms with Gasteiger partial charge in [0.05, 0.1) is 10.3 Å². The molecule has 1 aromatic carbocycles. The van der Waals surface area contributed by atoms with Crippen LogP contribution in [0, 0.1) is 11.2 Å². The van der Waals surface area contributed by atoms with E-state index in [1.54, 1.807) is 23.9 Å². The second-order valence-corrected chi connectivity index (χ2v) is 9.30. The Hall–Kier alpha value is -1.27. The maximum Gasteiger partial charge on any atom is 0.255 e. The monoisotopic (exact) mass is 398 g/mol. The van der Waals surface area contributed by atoms with Crippen molar-refractivity contribution < 1.29 is 14.0 Å². The van der Waals surface area contributed by atoms with Crippen LogP contribution in [0.4, 0.5) is 4.39 Å². The second kappa shape index (κ2) is 7.39. The van der Waals surface area contributed by atoms with Gasteiger partial charge in [0.2, 0.25) is 5.91 Å². The first-order valence-corrected chi connectivity index (χ1v) is 10.4. The summed E-state index contributed by atoms with van der Waals surface area (Å²) >= 11 is 7.71. The van der Waals surface area contributed by atoms with E-state index < -0.39 is 11.2 Å². The molecule has 0 saturated carbocycles. The zero-order chi connectivity index (χ0) is 18.9. The van der Waals surface area contributed by atoms with E-state index in [1.807, 2.05) is 23.6 Å². The smallest absolute Gasteiger partial charge is 0.255 e. The van der Waals surface area contributed by atoms with Gasteiger partial charge in [-0.25, -0.2) is 4.39 Å². The minimum atomic E-state index is -0.577. The molecule has 3 rings (SSSR count). The molecule has 0 unspecified atom stereocenters.